The first-order valence-electron chi connectivity index (χ1n) is 11.3. The van der Waals surface area contributed by atoms with Crippen molar-refractivity contribution in [1.29, 1.82) is 0 Å². The second-order valence-corrected chi connectivity index (χ2v) is 9.66. The summed E-state index contributed by atoms with van der Waals surface area (Å²) in [5.74, 6) is 0.807. The van der Waals surface area contributed by atoms with Gasteiger partial charge in [0.1, 0.15) is 18.0 Å². The Morgan fingerprint density at radius 2 is 1.88 bits per heavy atom. The van der Waals surface area contributed by atoms with Crippen molar-refractivity contribution in [3.8, 4) is 5.75 Å². The van der Waals surface area contributed by atoms with Gasteiger partial charge in [-0.1, -0.05) is 18.2 Å². The Balaban J connectivity index is 1.47. The number of aryl methyl sites for hydroxylation is 1. The lowest BCUT2D eigenvalue weighted by Gasteiger charge is -2.43. The molecule has 172 valence electrons. The molecule has 0 spiro atoms. The summed E-state index contributed by atoms with van der Waals surface area (Å²) >= 11 is 1.55. The molecule has 0 aliphatic carbocycles. The second-order valence-electron chi connectivity index (χ2n) is 8.60. The number of hydrogen-bond donors (Lipinski definition) is 0. The quantitative estimate of drug-likeness (QED) is 0.639. The van der Waals surface area contributed by atoms with Gasteiger partial charge in [-0.3, -0.25) is 9.59 Å². The van der Waals surface area contributed by atoms with Crippen LogP contribution >= 0.6 is 11.3 Å². The molecule has 0 saturated carbocycles. The molecule has 2 aromatic rings. The van der Waals surface area contributed by atoms with E-state index in [4.69, 9.17) is 9.47 Å². The molecule has 1 aromatic heterocycles. The average molecular weight is 458 g/mol. The monoisotopic (exact) mass is 457 g/mol. The predicted octanol–water partition coefficient (Wildman–Crippen LogP) is 3.07. The van der Waals surface area contributed by atoms with Crippen molar-refractivity contribution in [2.24, 2.45) is 0 Å². The molecule has 1 unspecified atom stereocenters. The van der Waals surface area contributed by atoms with Crippen LogP contribution in [0.4, 0.5) is 0 Å². The third-order valence-corrected chi connectivity index (χ3v) is 6.85. The van der Waals surface area contributed by atoms with Crippen LogP contribution in [0, 0.1) is 6.92 Å². The molecule has 4 rings (SSSR count). The molecule has 32 heavy (non-hydrogen) atoms. The molecule has 2 saturated heterocycles. The van der Waals surface area contributed by atoms with Crippen LogP contribution < -0.4 is 4.74 Å². The third kappa shape index (κ3) is 5.86. The van der Waals surface area contributed by atoms with Gasteiger partial charge in [-0.05, 0) is 38.3 Å². The van der Waals surface area contributed by atoms with Crippen molar-refractivity contribution < 1.29 is 19.1 Å². The van der Waals surface area contributed by atoms with E-state index in [1.807, 2.05) is 47.5 Å². The van der Waals surface area contributed by atoms with E-state index in [9.17, 15) is 9.59 Å². The highest BCUT2D eigenvalue weighted by Crippen LogP contribution is 2.27. The minimum Gasteiger partial charge on any atom is -0.490 e. The standard InChI is InChI=1S/C24H31N3O4S/c1-19-25-20(16-32-19)14-22(28)27-12-13-31-24(17-27,18-30-21-8-4-2-5-9-21)15-23(29)26-10-6-3-7-11-26/h2,4-5,8-9,16H,3,6-7,10-15,17-18H2,1H3. The summed E-state index contributed by atoms with van der Waals surface area (Å²) in [4.78, 5) is 34.3. The summed E-state index contributed by atoms with van der Waals surface area (Å²) in [5.41, 5.74) is -0.0736. The fraction of sp³-hybridized carbons (Fsp3) is 0.542. The fourth-order valence-corrected chi connectivity index (χ4v) is 4.93. The molecular formula is C24H31N3O4S. The van der Waals surface area contributed by atoms with Crippen molar-refractivity contribution >= 4 is 23.2 Å². The maximum absolute atomic E-state index is 13.1. The highest BCUT2D eigenvalue weighted by atomic mass is 32.1. The lowest BCUT2D eigenvalue weighted by Crippen LogP contribution is -2.58. The van der Waals surface area contributed by atoms with E-state index in [0.717, 1.165) is 42.4 Å². The van der Waals surface area contributed by atoms with Crippen LogP contribution in [0.2, 0.25) is 0 Å². The van der Waals surface area contributed by atoms with E-state index >= 15 is 0 Å². The maximum atomic E-state index is 13.1. The summed E-state index contributed by atoms with van der Waals surface area (Å²) in [6.45, 7) is 4.96. The predicted molar refractivity (Wildman–Crippen MR) is 123 cm³/mol. The Bertz CT molecular complexity index is 913. The highest BCUT2D eigenvalue weighted by Gasteiger charge is 2.42. The number of morpholine rings is 1. The van der Waals surface area contributed by atoms with Crippen molar-refractivity contribution in [2.75, 3.05) is 39.4 Å². The van der Waals surface area contributed by atoms with Crippen LogP contribution in [0.1, 0.15) is 36.4 Å². The lowest BCUT2D eigenvalue weighted by atomic mass is 9.96. The molecule has 2 fully saturated rings. The normalized spacial score (nSPS) is 21.4. The molecule has 2 aliphatic rings. The van der Waals surface area contributed by atoms with Crippen LogP contribution in [0.15, 0.2) is 35.7 Å². The van der Waals surface area contributed by atoms with Crippen LogP contribution in [0.3, 0.4) is 0 Å². The molecule has 7 nitrogen and oxygen atoms in total. The first kappa shape index (κ1) is 22.7. The minimum atomic E-state index is -0.865. The average Bonchev–Trinajstić information content (AvgIpc) is 3.23. The van der Waals surface area contributed by atoms with Gasteiger partial charge in [0.2, 0.25) is 11.8 Å². The van der Waals surface area contributed by atoms with Gasteiger partial charge in [0.25, 0.3) is 0 Å². The van der Waals surface area contributed by atoms with Crippen molar-refractivity contribution in [3.05, 3.63) is 46.4 Å². The first-order chi connectivity index (χ1) is 15.5. The van der Waals surface area contributed by atoms with E-state index in [0.29, 0.717) is 19.7 Å². The van der Waals surface area contributed by atoms with Gasteiger partial charge in [-0.15, -0.1) is 11.3 Å². The Labute approximate surface area is 193 Å². The number of para-hydroxylation sites is 1. The fourth-order valence-electron chi connectivity index (χ4n) is 4.32. The molecule has 1 atom stereocenters. The Kier molecular flexibility index (Phi) is 7.42. The lowest BCUT2D eigenvalue weighted by molar-refractivity contribution is -0.166. The molecule has 0 bridgehead atoms. The summed E-state index contributed by atoms with van der Waals surface area (Å²) in [6.07, 6.45) is 3.72. The minimum absolute atomic E-state index is 0.00751. The zero-order valence-corrected chi connectivity index (χ0v) is 19.4. The second kappa shape index (κ2) is 10.4. The maximum Gasteiger partial charge on any atom is 0.228 e. The van der Waals surface area contributed by atoms with E-state index in [2.05, 4.69) is 4.98 Å². The van der Waals surface area contributed by atoms with Gasteiger partial charge < -0.3 is 19.3 Å². The number of thiazole rings is 1. The molecule has 8 heteroatoms. The number of nitrogens with zero attached hydrogens (tertiary/aromatic N) is 3. The van der Waals surface area contributed by atoms with Crippen molar-refractivity contribution in [3.63, 3.8) is 0 Å². The summed E-state index contributed by atoms with van der Waals surface area (Å²) in [6, 6.07) is 9.52. The van der Waals surface area contributed by atoms with Gasteiger partial charge >= 0.3 is 0 Å². The number of piperidine rings is 1. The van der Waals surface area contributed by atoms with Gasteiger partial charge in [0.05, 0.1) is 36.7 Å². The number of ether oxygens (including phenoxy) is 2. The van der Waals surface area contributed by atoms with E-state index < -0.39 is 5.60 Å². The molecule has 1 aromatic carbocycles. The molecule has 0 radical (unpaired) electrons. The van der Waals surface area contributed by atoms with E-state index in [1.54, 1.807) is 16.2 Å². The van der Waals surface area contributed by atoms with Gasteiger partial charge in [0, 0.05) is 25.0 Å². The van der Waals surface area contributed by atoms with E-state index in [-0.39, 0.29) is 31.3 Å². The molecule has 0 N–H and O–H groups in total. The number of carbonyl (C=O) groups excluding carboxylic acids is 2. The smallest absolute Gasteiger partial charge is 0.228 e. The number of likely N-dealkylation sites (tertiary alicyclic amines) is 1. The Morgan fingerprint density at radius 1 is 1.09 bits per heavy atom. The van der Waals surface area contributed by atoms with Gasteiger partial charge in [-0.25, -0.2) is 4.98 Å². The highest BCUT2D eigenvalue weighted by molar-refractivity contribution is 7.09. The molecule has 3 heterocycles. The topological polar surface area (TPSA) is 72.0 Å². The first-order valence-corrected chi connectivity index (χ1v) is 12.2. The zero-order chi connectivity index (χ0) is 22.4. The SMILES string of the molecule is Cc1nc(CC(=O)N2CCOC(COc3ccccc3)(CC(=O)N3CCCCC3)C2)cs1. The number of amides is 2. The van der Waals surface area contributed by atoms with Crippen molar-refractivity contribution in [2.45, 2.75) is 44.6 Å². The Hall–Kier alpha value is -2.45. The van der Waals surface area contributed by atoms with Crippen LogP contribution in [0.25, 0.3) is 0 Å². The van der Waals surface area contributed by atoms with Gasteiger partial charge in [0.15, 0.2) is 0 Å². The number of benzene rings is 1. The summed E-state index contributed by atoms with van der Waals surface area (Å²) in [7, 11) is 0. The number of hydrogen-bond acceptors (Lipinski definition) is 6. The number of aromatic nitrogens is 1. The largest absolute Gasteiger partial charge is 0.490 e. The molecule has 2 amide bonds. The third-order valence-electron chi connectivity index (χ3n) is 6.03. The van der Waals surface area contributed by atoms with Crippen LogP contribution in [0.5, 0.6) is 5.75 Å². The summed E-state index contributed by atoms with van der Waals surface area (Å²) in [5, 5.41) is 2.88. The number of carbonyl (C=O) groups is 2. The van der Waals surface area contributed by atoms with Gasteiger partial charge in [-0.2, -0.15) is 0 Å². The summed E-state index contributed by atoms with van der Waals surface area (Å²) < 4.78 is 12.2. The van der Waals surface area contributed by atoms with Crippen molar-refractivity contribution in [1.82, 2.24) is 14.8 Å². The molecule has 2 aliphatic heterocycles. The van der Waals surface area contributed by atoms with Crippen LogP contribution in [-0.4, -0.2) is 71.6 Å². The zero-order valence-electron chi connectivity index (χ0n) is 18.6. The Morgan fingerprint density at radius 3 is 2.59 bits per heavy atom. The molecular weight excluding hydrogens is 426 g/mol. The number of rotatable bonds is 7. The van der Waals surface area contributed by atoms with Crippen LogP contribution in [-0.2, 0) is 20.7 Å². The van der Waals surface area contributed by atoms with E-state index in [1.165, 1.54) is 6.42 Å².